The van der Waals surface area contributed by atoms with Crippen LogP contribution in [0, 0.1) is 6.92 Å². The Bertz CT molecular complexity index is 1540. The molecule has 5 nitrogen and oxygen atoms in total. The maximum atomic E-state index is 13.4. The topological polar surface area (TPSA) is 44.2 Å². The minimum Gasteiger partial charge on any atom is -0.285 e. The molecule has 0 saturated carbocycles. The van der Waals surface area contributed by atoms with Gasteiger partial charge in [0.1, 0.15) is 0 Å². The fraction of sp³-hybridized carbons (Fsp3) is 0.0769. The van der Waals surface area contributed by atoms with Crippen LogP contribution in [0.3, 0.4) is 0 Å². The third kappa shape index (κ3) is 3.88. The molecule has 2 aromatic heterocycles. The first-order chi connectivity index (χ1) is 16.0. The van der Waals surface area contributed by atoms with Gasteiger partial charge in [-0.3, -0.25) is 14.0 Å². The third-order valence-corrected chi connectivity index (χ3v) is 6.67. The molecule has 0 fully saturated rings. The van der Waals surface area contributed by atoms with Gasteiger partial charge in [-0.05, 0) is 48.9 Å². The molecular formula is C26H21ClN4OS. The van der Waals surface area contributed by atoms with Crippen LogP contribution in [0.5, 0.6) is 0 Å². The van der Waals surface area contributed by atoms with Crippen LogP contribution in [0.1, 0.15) is 5.69 Å². The summed E-state index contributed by atoms with van der Waals surface area (Å²) >= 11 is 7.61. The zero-order chi connectivity index (χ0) is 22.9. The van der Waals surface area contributed by atoms with Gasteiger partial charge in [-0.15, -0.1) is 11.3 Å². The smallest absolute Gasteiger partial charge is 0.285 e. The number of aromatic nitrogens is 3. The molecule has 0 N–H and O–H groups in total. The Morgan fingerprint density at radius 3 is 2.09 bits per heavy atom. The predicted octanol–water partition coefficient (Wildman–Crippen LogP) is 5.89. The Morgan fingerprint density at radius 1 is 0.848 bits per heavy atom. The molecule has 0 bridgehead atoms. The molecular weight excluding hydrogens is 452 g/mol. The van der Waals surface area contributed by atoms with Crippen LogP contribution in [-0.4, -0.2) is 13.9 Å². The van der Waals surface area contributed by atoms with Gasteiger partial charge in [0.15, 0.2) is 10.5 Å². The van der Waals surface area contributed by atoms with E-state index >= 15 is 0 Å². The number of benzene rings is 3. The van der Waals surface area contributed by atoms with E-state index in [2.05, 4.69) is 9.95 Å². The Balaban J connectivity index is 1.75. The molecule has 0 radical (unpaired) electrons. The lowest BCUT2D eigenvalue weighted by molar-refractivity contribution is 0.630. The van der Waals surface area contributed by atoms with Gasteiger partial charge in [-0.1, -0.05) is 60.1 Å². The van der Waals surface area contributed by atoms with Gasteiger partial charge in [0.05, 0.1) is 17.1 Å². The first kappa shape index (κ1) is 21.2. The van der Waals surface area contributed by atoms with Crippen molar-refractivity contribution in [2.45, 2.75) is 6.92 Å². The summed E-state index contributed by atoms with van der Waals surface area (Å²) in [5, 5.41) is 2.75. The molecule has 0 amide bonds. The van der Waals surface area contributed by atoms with Gasteiger partial charge >= 0.3 is 0 Å². The van der Waals surface area contributed by atoms with Crippen molar-refractivity contribution in [2.24, 2.45) is 12.0 Å². The van der Waals surface area contributed by atoms with E-state index in [4.69, 9.17) is 16.6 Å². The number of thiazole rings is 1. The molecule has 0 spiro atoms. The second-order valence-electron chi connectivity index (χ2n) is 7.60. The molecule has 164 valence electrons. The van der Waals surface area contributed by atoms with Gasteiger partial charge in [0.25, 0.3) is 5.56 Å². The van der Waals surface area contributed by atoms with Gasteiger partial charge in [0.2, 0.25) is 0 Å². The fourth-order valence-corrected chi connectivity index (χ4v) is 4.85. The standard InChI is InChI=1S/C26H21ClN4OS/c1-18-24(25(32)31(29(18)2)22-11-7-4-8-12-22)28-26-30(21-9-5-3-6-10-21)23(17-33-26)19-13-15-20(27)16-14-19/h3-17H,1-2H3. The number of halogens is 1. The van der Waals surface area contributed by atoms with Crippen LogP contribution in [0.25, 0.3) is 22.6 Å². The predicted molar refractivity (Wildman–Crippen MR) is 135 cm³/mol. The summed E-state index contributed by atoms with van der Waals surface area (Å²) < 4.78 is 5.57. The van der Waals surface area contributed by atoms with E-state index in [9.17, 15) is 4.79 Å². The minimum atomic E-state index is -0.151. The average Bonchev–Trinajstić information content (AvgIpc) is 3.35. The Hall–Kier alpha value is -3.61. The molecule has 3 aromatic carbocycles. The monoisotopic (exact) mass is 472 g/mol. The van der Waals surface area contributed by atoms with E-state index in [0.29, 0.717) is 10.7 Å². The molecule has 0 unspecified atom stereocenters. The van der Waals surface area contributed by atoms with Gasteiger partial charge < -0.3 is 0 Å². The van der Waals surface area contributed by atoms with E-state index in [-0.39, 0.29) is 5.56 Å². The summed E-state index contributed by atoms with van der Waals surface area (Å²) in [6, 6.07) is 27.4. The fourth-order valence-electron chi connectivity index (χ4n) is 3.82. The van der Waals surface area contributed by atoms with Crippen molar-refractivity contribution in [1.29, 1.82) is 0 Å². The highest BCUT2D eigenvalue weighted by atomic mass is 35.5. The van der Waals surface area contributed by atoms with Crippen molar-refractivity contribution in [3.05, 3.63) is 116 Å². The van der Waals surface area contributed by atoms with E-state index in [0.717, 1.165) is 33.1 Å². The Labute approximate surface area is 200 Å². The largest absolute Gasteiger partial charge is 0.297 e. The van der Waals surface area contributed by atoms with Gasteiger partial charge in [0, 0.05) is 23.1 Å². The zero-order valence-electron chi connectivity index (χ0n) is 18.1. The second kappa shape index (κ2) is 8.73. The summed E-state index contributed by atoms with van der Waals surface area (Å²) in [5.74, 6) is 0. The molecule has 2 heterocycles. The maximum absolute atomic E-state index is 13.4. The number of hydrogen-bond donors (Lipinski definition) is 0. The van der Waals surface area contributed by atoms with E-state index in [1.165, 1.54) is 11.3 Å². The van der Waals surface area contributed by atoms with Crippen molar-refractivity contribution in [3.8, 4) is 22.6 Å². The normalized spacial score (nSPS) is 11.8. The molecule has 5 aromatic rings. The average molecular weight is 473 g/mol. The van der Waals surface area contributed by atoms with E-state index < -0.39 is 0 Å². The summed E-state index contributed by atoms with van der Waals surface area (Å²) in [5.41, 5.74) is 4.85. The number of rotatable bonds is 4. The first-order valence-electron chi connectivity index (χ1n) is 10.5. The first-order valence-corrected chi connectivity index (χ1v) is 11.7. The molecule has 7 heteroatoms. The highest BCUT2D eigenvalue weighted by molar-refractivity contribution is 7.07. The number of para-hydroxylation sites is 2. The van der Waals surface area contributed by atoms with Gasteiger partial charge in [-0.2, -0.15) is 0 Å². The van der Waals surface area contributed by atoms with Crippen molar-refractivity contribution in [2.75, 3.05) is 0 Å². The van der Waals surface area contributed by atoms with Crippen LogP contribution in [-0.2, 0) is 7.05 Å². The Morgan fingerprint density at radius 2 is 1.45 bits per heavy atom. The highest BCUT2D eigenvalue weighted by Crippen LogP contribution is 2.26. The van der Waals surface area contributed by atoms with Crippen molar-refractivity contribution >= 4 is 28.6 Å². The van der Waals surface area contributed by atoms with Crippen LogP contribution in [0.15, 0.2) is 100 Å². The molecule has 0 aliphatic carbocycles. The second-order valence-corrected chi connectivity index (χ2v) is 8.88. The van der Waals surface area contributed by atoms with Crippen LogP contribution < -0.4 is 10.4 Å². The summed E-state index contributed by atoms with van der Waals surface area (Å²) in [6.07, 6.45) is 0. The minimum absolute atomic E-state index is 0.151. The lowest BCUT2D eigenvalue weighted by Gasteiger charge is -2.09. The number of nitrogens with zero attached hydrogens (tertiary/aromatic N) is 4. The summed E-state index contributed by atoms with van der Waals surface area (Å²) in [6.45, 7) is 1.92. The highest BCUT2D eigenvalue weighted by Gasteiger charge is 2.17. The molecule has 0 aliphatic rings. The molecule has 0 aliphatic heterocycles. The number of hydrogen-bond acceptors (Lipinski definition) is 3. The van der Waals surface area contributed by atoms with Crippen LogP contribution in [0.4, 0.5) is 5.69 Å². The lowest BCUT2D eigenvalue weighted by Crippen LogP contribution is -2.20. The molecule has 0 atom stereocenters. The summed E-state index contributed by atoms with van der Waals surface area (Å²) in [4.78, 5) is 19.0. The SMILES string of the molecule is Cc1c(N=c2scc(-c3ccc(Cl)cc3)n2-c2ccccc2)c(=O)n(-c2ccccc2)n1C. The van der Waals surface area contributed by atoms with E-state index in [1.807, 2.05) is 104 Å². The lowest BCUT2D eigenvalue weighted by atomic mass is 10.1. The molecule has 5 rings (SSSR count). The maximum Gasteiger partial charge on any atom is 0.297 e. The zero-order valence-corrected chi connectivity index (χ0v) is 19.7. The van der Waals surface area contributed by atoms with E-state index in [1.54, 1.807) is 4.68 Å². The van der Waals surface area contributed by atoms with Crippen molar-refractivity contribution in [1.82, 2.24) is 13.9 Å². The molecule has 0 saturated heterocycles. The third-order valence-electron chi connectivity index (χ3n) is 5.59. The van der Waals surface area contributed by atoms with Crippen molar-refractivity contribution < 1.29 is 0 Å². The Kier molecular flexibility index (Phi) is 5.62. The quantitative estimate of drug-likeness (QED) is 0.321. The van der Waals surface area contributed by atoms with Crippen LogP contribution >= 0.6 is 22.9 Å². The molecule has 33 heavy (non-hydrogen) atoms. The van der Waals surface area contributed by atoms with Crippen molar-refractivity contribution in [3.63, 3.8) is 0 Å². The van der Waals surface area contributed by atoms with Gasteiger partial charge in [-0.25, -0.2) is 9.67 Å². The van der Waals surface area contributed by atoms with Crippen LogP contribution in [0.2, 0.25) is 5.02 Å². The summed E-state index contributed by atoms with van der Waals surface area (Å²) in [7, 11) is 1.88.